The summed E-state index contributed by atoms with van der Waals surface area (Å²) in [4.78, 5) is 13.1. The average Bonchev–Trinajstić information content (AvgIpc) is 2.69. The molecule has 0 fully saturated rings. The third kappa shape index (κ3) is 4.60. The van der Waals surface area contributed by atoms with Gasteiger partial charge < -0.3 is 5.32 Å². The molecule has 0 atom stereocenters. The molecule has 26 heavy (non-hydrogen) atoms. The first-order chi connectivity index (χ1) is 12.8. The van der Waals surface area contributed by atoms with Gasteiger partial charge in [-0.3, -0.25) is 4.79 Å². The number of nitrogens with one attached hydrogen (secondary N) is 1. The minimum atomic E-state index is -0.322. The Balaban J connectivity index is 1.80. The van der Waals surface area contributed by atoms with Crippen molar-refractivity contribution in [2.45, 2.75) is 32.1 Å². The fourth-order valence-electron chi connectivity index (χ4n) is 3.14. The van der Waals surface area contributed by atoms with Gasteiger partial charge in [0.1, 0.15) is 0 Å². The summed E-state index contributed by atoms with van der Waals surface area (Å²) >= 11 is 0. The highest BCUT2D eigenvalue weighted by molar-refractivity contribution is 5.98. The Labute approximate surface area is 155 Å². The highest BCUT2D eigenvalue weighted by Crippen LogP contribution is 2.26. The van der Waals surface area contributed by atoms with Crippen molar-refractivity contribution < 1.29 is 4.79 Å². The Kier molecular flexibility index (Phi) is 6.21. The van der Waals surface area contributed by atoms with Crippen LogP contribution < -0.4 is 5.32 Å². The quantitative estimate of drug-likeness (QED) is 0.577. The highest BCUT2D eigenvalue weighted by Gasteiger charge is 2.22. The van der Waals surface area contributed by atoms with Gasteiger partial charge in [-0.1, -0.05) is 86.1 Å². The Hall–Kier alpha value is -2.87. The van der Waals surface area contributed by atoms with Gasteiger partial charge in [0.2, 0.25) is 5.91 Å². The van der Waals surface area contributed by atoms with Crippen LogP contribution in [0.3, 0.4) is 0 Å². The van der Waals surface area contributed by atoms with Crippen molar-refractivity contribution in [1.82, 2.24) is 0 Å². The van der Waals surface area contributed by atoms with Crippen LogP contribution in [-0.2, 0) is 11.2 Å². The second-order valence-electron chi connectivity index (χ2n) is 6.54. The summed E-state index contributed by atoms with van der Waals surface area (Å²) in [5, 5.41) is 3.08. The third-order valence-corrected chi connectivity index (χ3v) is 4.57. The molecule has 1 N–H and O–H groups in total. The minimum Gasteiger partial charge on any atom is -0.325 e. The van der Waals surface area contributed by atoms with Crippen molar-refractivity contribution in [3.63, 3.8) is 0 Å². The van der Waals surface area contributed by atoms with E-state index in [1.165, 1.54) is 18.4 Å². The van der Waals surface area contributed by atoms with Crippen molar-refractivity contribution >= 4 is 11.6 Å². The molecule has 132 valence electrons. The molecule has 3 aromatic rings. The largest absolute Gasteiger partial charge is 0.325 e. The Morgan fingerprint density at radius 2 is 1.35 bits per heavy atom. The van der Waals surface area contributed by atoms with Gasteiger partial charge in [-0.2, -0.15) is 0 Å². The zero-order chi connectivity index (χ0) is 18.2. The Morgan fingerprint density at radius 3 is 1.85 bits per heavy atom. The summed E-state index contributed by atoms with van der Waals surface area (Å²) in [5.41, 5.74) is 4.14. The molecule has 3 aromatic carbocycles. The summed E-state index contributed by atoms with van der Waals surface area (Å²) in [7, 11) is 0. The van der Waals surface area contributed by atoms with E-state index in [1.807, 2.05) is 72.8 Å². The van der Waals surface area contributed by atoms with E-state index in [0.29, 0.717) is 0 Å². The summed E-state index contributed by atoms with van der Waals surface area (Å²) in [5.74, 6) is -0.333. The highest BCUT2D eigenvalue weighted by atomic mass is 16.1. The lowest BCUT2D eigenvalue weighted by Gasteiger charge is -2.18. The van der Waals surface area contributed by atoms with Crippen LogP contribution in [0.1, 0.15) is 42.4 Å². The first-order valence-corrected chi connectivity index (χ1v) is 9.27. The molecule has 0 heterocycles. The number of aryl methyl sites for hydroxylation is 1. The van der Waals surface area contributed by atoms with E-state index >= 15 is 0 Å². The lowest BCUT2D eigenvalue weighted by atomic mass is 9.90. The maximum Gasteiger partial charge on any atom is 0.236 e. The molecule has 2 heteroatoms. The second kappa shape index (κ2) is 9.00. The van der Waals surface area contributed by atoms with Crippen molar-refractivity contribution in [3.05, 3.63) is 102 Å². The first-order valence-electron chi connectivity index (χ1n) is 9.27. The van der Waals surface area contributed by atoms with Gasteiger partial charge in [0, 0.05) is 5.69 Å². The Bertz CT molecular complexity index is 770. The standard InChI is InChI=1S/C24H25NO/c1-2-3-10-19-15-17-22(18-16-19)25-24(26)23(20-11-6-4-7-12-20)21-13-8-5-9-14-21/h4-9,11-18,23H,2-3,10H2,1H3,(H,25,26). The van der Waals surface area contributed by atoms with Crippen molar-refractivity contribution in [3.8, 4) is 0 Å². The Morgan fingerprint density at radius 1 is 0.808 bits per heavy atom. The van der Waals surface area contributed by atoms with Gasteiger partial charge in [0.25, 0.3) is 0 Å². The van der Waals surface area contributed by atoms with Crippen LogP contribution >= 0.6 is 0 Å². The number of unbranched alkanes of at least 4 members (excludes halogenated alkanes) is 1. The molecule has 0 aromatic heterocycles. The van der Waals surface area contributed by atoms with Crippen LogP contribution in [0, 0.1) is 0 Å². The zero-order valence-electron chi connectivity index (χ0n) is 15.2. The number of anilines is 1. The number of rotatable bonds is 7. The number of benzene rings is 3. The molecule has 2 nitrogen and oxygen atoms in total. The van der Waals surface area contributed by atoms with E-state index in [9.17, 15) is 4.79 Å². The van der Waals surface area contributed by atoms with Gasteiger partial charge in [-0.05, 0) is 41.7 Å². The van der Waals surface area contributed by atoms with Gasteiger partial charge in [-0.15, -0.1) is 0 Å². The van der Waals surface area contributed by atoms with Crippen molar-refractivity contribution in [2.24, 2.45) is 0 Å². The normalized spacial score (nSPS) is 10.7. The number of hydrogen-bond acceptors (Lipinski definition) is 1. The van der Waals surface area contributed by atoms with Gasteiger partial charge in [0.05, 0.1) is 5.92 Å². The second-order valence-corrected chi connectivity index (χ2v) is 6.54. The van der Waals surface area contributed by atoms with Crippen LogP contribution in [0.2, 0.25) is 0 Å². The topological polar surface area (TPSA) is 29.1 Å². The molecule has 0 unspecified atom stereocenters. The van der Waals surface area contributed by atoms with Crippen LogP contribution in [-0.4, -0.2) is 5.91 Å². The van der Waals surface area contributed by atoms with Crippen LogP contribution in [0.5, 0.6) is 0 Å². The number of carbonyl (C=O) groups excluding carboxylic acids is 1. The summed E-state index contributed by atoms with van der Waals surface area (Å²) < 4.78 is 0. The van der Waals surface area contributed by atoms with E-state index in [-0.39, 0.29) is 11.8 Å². The van der Waals surface area contributed by atoms with E-state index in [0.717, 1.165) is 23.2 Å². The summed E-state index contributed by atoms with van der Waals surface area (Å²) in [6.07, 6.45) is 3.46. The predicted molar refractivity (Wildman–Crippen MR) is 108 cm³/mol. The molecule has 0 aliphatic carbocycles. The molecule has 3 rings (SSSR count). The van der Waals surface area contributed by atoms with Gasteiger partial charge in [0.15, 0.2) is 0 Å². The smallest absolute Gasteiger partial charge is 0.236 e. The van der Waals surface area contributed by atoms with Crippen molar-refractivity contribution in [2.75, 3.05) is 5.32 Å². The lowest BCUT2D eigenvalue weighted by Crippen LogP contribution is -2.22. The molecule has 0 bridgehead atoms. The fraction of sp³-hybridized carbons (Fsp3) is 0.208. The van der Waals surface area contributed by atoms with Crippen LogP contribution in [0.15, 0.2) is 84.9 Å². The number of hydrogen-bond donors (Lipinski definition) is 1. The summed E-state index contributed by atoms with van der Waals surface area (Å²) in [6, 6.07) is 28.1. The SMILES string of the molecule is CCCCc1ccc(NC(=O)C(c2ccccc2)c2ccccc2)cc1. The maximum atomic E-state index is 13.1. The fourth-order valence-corrected chi connectivity index (χ4v) is 3.14. The van der Waals surface area contributed by atoms with Gasteiger partial charge in [-0.25, -0.2) is 0 Å². The van der Waals surface area contributed by atoms with Crippen molar-refractivity contribution in [1.29, 1.82) is 0 Å². The van der Waals surface area contributed by atoms with Gasteiger partial charge >= 0.3 is 0 Å². The molecule has 1 amide bonds. The molecule has 0 aliphatic rings. The molecular formula is C24H25NO. The number of amides is 1. The predicted octanol–water partition coefficient (Wildman–Crippen LogP) is 5.80. The zero-order valence-corrected chi connectivity index (χ0v) is 15.2. The van der Waals surface area contributed by atoms with Crippen LogP contribution in [0.4, 0.5) is 5.69 Å². The molecule has 0 radical (unpaired) electrons. The lowest BCUT2D eigenvalue weighted by molar-refractivity contribution is -0.116. The summed E-state index contributed by atoms with van der Waals surface area (Å²) in [6.45, 7) is 2.20. The maximum absolute atomic E-state index is 13.1. The first kappa shape index (κ1) is 17.9. The number of carbonyl (C=O) groups is 1. The molecule has 0 aliphatic heterocycles. The molecule has 0 spiro atoms. The third-order valence-electron chi connectivity index (χ3n) is 4.57. The average molecular weight is 343 g/mol. The van der Waals surface area contributed by atoms with E-state index < -0.39 is 0 Å². The monoisotopic (exact) mass is 343 g/mol. The molecule has 0 saturated heterocycles. The minimum absolute atomic E-state index is 0.0105. The van der Waals surface area contributed by atoms with Crippen LogP contribution in [0.25, 0.3) is 0 Å². The molecule has 0 saturated carbocycles. The molecular weight excluding hydrogens is 318 g/mol. The van der Waals surface area contributed by atoms with E-state index in [2.05, 4.69) is 24.4 Å². The van der Waals surface area contributed by atoms with E-state index in [1.54, 1.807) is 0 Å². The van der Waals surface area contributed by atoms with E-state index in [4.69, 9.17) is 0 Å².